The van der Waals surface area contributed by atoms with Crippen molar-refractivity contribution >= 4 is 39.0 Å². The van der Waals surface area contributed by atoms with Gasteiger partial charge in [0.15, 0.2) is 10.9 Å². The van der Waals surface area contributed by atoms with Crippen molar-refractivity contribution in [3.63, 3.8) is 0 Å². The molecule has 2 heterocycles. The number of halogens is 1. The number of thioether (sulfide) groups is 1. The van der Waals surface area contributed by atoms with E-state index in [2.05, 4.69) is 15.0 Å². The van der Waals surface area contributed by atoms with Crippen LogP contribution in [-0.4, -0.2) is 42.0 Å². The van der Waals surface area contributed by atoms with Gasteiger partial charge in [0.25, 0.3) is 0 Å². The Balaban J connectivity index is 1.60. The van der Waals surface area contributed by atoms with E-state index < -0.39 is 9.84 Å². The van der Waals surface area contributed by atoms with E-state index in [4.69, 9.17) is 26.5 Å². The highest BCUT2D eigenvalue weighted by molar-refractivity contribution is 7.98. The normalized spacial score (nSPS) is 11.6. The number of oxazole rings is 1. The number of ether oxygens (including phenoxy) is 1. The quantitative estimate of drug-likeness (QED) is 0.284. The van der Waals surface area contributed by atoms with Crippen LogP contribution in [-0.2, 0) is 15.6 Å². The third-order valence-corrected chi connectivity index (χ3v) is 6.02. The SMILES string of the molecule is Cc1cc(N)nc(SCc2ncc(-c3ccc(OCCCS(C)(=O)=O)c(Cl)c3)o2)n1. The van der Waals surface area contributed by atoms with Gasteiger partial charge in [0, 0.05) is 23.6 Å². The molecule has 8 nitrogen and oxygen atoms in total. The molecule has 0 radical (unpaired) electrons. The van der Waals surface area contributed by atoms with E-state index in [0.717, 1.165) is 11.3 Å². The van der Waals surface area contributed by atoms with Gasteiger partial charge in [-0.05, 0) is 31.5 Å². The molecule has 1 aromatic carbocycles. The van der Waals surface area contributed by atoms with Crippen LogP contribution >= 0.6 is 23.4 Å². The van der Waals surface area contributed by atoms with Crippen molar-refractivity contribution in [1.82, 2.24) is 15.0 Å². The molecule has 30 heavy (non-hydrogen) atoms. The number of nitrogens with zero attached hydrogens (tertiary/aromatic N) is 3. The maximum Gasteiger partial charge on any atom is 0.205 e. The maximum atomic E-state index is 11.2. The number of anilines is 1. The van der Waals surface area contributed by atoms with Crippen molar-refractivity contribution in [2.75, 3.05) is 24.3 Å². The Labute approximate surface area is 184 Å². The molecule has 0 amide bonds. The average molecular weight is 469 g/mol. The number of aryl methyl sites for hydroxylation is 1. The first-order valence-electron chi connectivity index (χ1n) is 8.99. The van der Waals surface area contributed by atoms with Crippen molar-refractivity contribution in [3.05, 3.63) is 47.1 Å². The number of sulfone groups is 1. The molecule has 11 heteroatoms. The van der Waals surface area contributed by atoms with Gasteiger partial charge in [-0.1, -0.05) is 23.4 Å². The summed E-state index contributed by atoms with van der Waals surface area (Å²) in [5.41, 5.74) is 7.29. The van der Waals surface area contributed by atoms with E-state index in [1.54, 1.807) is 30.5 Å². The average Bonchev–Trinajstić information content (AvgIpc) is 3.12. The first-order valence-corrected chi connectivity index (χ1v) is 12.4. The van der Waals surface area contributed by atoms with Crippen molar-refractivity contribution in [2.45, 2.75) is 24.3 Å². The van der Waals surface area contributed by atoms with E-state index in [1.165, 1.54) is 18.0 Å². The third kappa shape index (κ3) is 6.61. The highest BCUT2D eigenvalue weighted by Gasteiger charge is 2.11. The summed E-state index contributed by atoms with van der Waals surface area (Å²) in [6, 6.07) is 6.95. The standard InChI is InChI=1S/C19H21ClN4O4S2/c1-12-8-17(21)24-19(23-12)29-11-18-22-10-16(28-18)13-4-5-15(14(20)9-13)27-6-3-7-30(2,25)26/h4-5,8-10H,3,6-7,11H2,1-2H3,(H2,21,23,24). The minimum atomic E-state index is -3.00. The van der Waals surface area contributed by atoms with Crippen molar-refractivity contribution in [1.29, 1.82) is 0 Å². The lowest BCUT2D eigenvalue weighted by Gasteiger charge is -2.08. The van der Waals surface area contributed by atoms with Crippen LogP contribution in [0.15, 0.2) is 40.0 Å². The number of aromatic nitrogens is 3. The van der Waals surface area contributed by atoms with E-state index in [1.807, 2.05) is 6.92 Å². The lowest BCUT2D eigenvalue weighted by atomic mass is 10.2. The van der Waals surface area contributed by atoms with Gasteiger partial charge in [0.1, 0.15) is 21.4 Å². The summed E-state index contributed by atoms with van der Waals surface area (Å²) in [4.78, 5) is 12.8. The Hall–Kier alpha value is -2.30. The summed E-state index contributed by atoms with van der Waals surface area (Å²) in [5, 5.41) is 0.968. The van der Waals surface area contributed by atoms with Gasteiger partial charge in [-0.2, -0.15) is 0 Å². The van der Waals surface area contributed by atoms with Crippen LogP contribution in [0.25, 0.3) is 11.3 Å². The van der Waals surface area contributed by atoms with Crippen molar-refractivity contribution in [3.8, 4) is 17.1 Å². The fourth-order valence-corrected chi connectivity index (χ4v) is 4.18. The second-order valence-electron chi connectivity index (χ2n) is 6.60. The maximum absolute atomic E-state index is 11.2. The van der Waals surface area contributed by atoms with E-state index in [9.17, 15) is 8.42 Å². The lowest BCUT2D eigenvalue weighted by Crippen LogP contribution is -2.08. The van der Waals surface area contributed by atoms with Gasteiger partial charge in [-0.3, -0.25) is 0 Å². The highest BCUT2D eigenvalue weighted by Crippen LogP contribution is 2.31. The zero-order valence-electron chi connectivity index (χ0n) is 16.5. The largest absolute Gasteiger partial charge is 0.492 e. The van der Waals surface area contributed by atoms with Crippen LogP contribution in [0.2, 0.25) is 5.02 Å². The summed E-state index contributed by atoms with van der Waals surface area (Å²) in [7, 11) is -3.00. The monoisotopic (exact) mass is 468 g/mol. The van der Waals surface area contributed by atoms with Gasteiger partial charge in [0.2, 0.25) is 5.89 Å². The van der Waals surface area contributed by atoms with E-state index in [-0.39, 0.29) is 12.4 Å². The zero-order chi connectivity index (χ0) is 21.7. The Kier molecular flexibility index (Phi) is 7.22. The Bertz CT molecular complexity index is 1120. The fraction of sp³-hybridized carbons (Fsp3) is 0.316. The second-order valence-corrected chi connectivity index (χ2v) is 10.2. The molecule has 0 atom stereocenters. The molecule has 0 saturated carbocycles. The highest BCUT2D eigenvalue weighted by atomic mass is 35.5. The number of hydrogen-bond donors (Lipinski definition) is 1. The molecular formula is C19H21ClN4O4S2. The Morgan fingerprint density at radius 3 is 2.77 bits per heavy atom. The van der Waals surface area contributed by atoms with Gasteiger partial charge >= 0.3 is 0 Å². The molecule has 0 unspecified atom stereocenters. The molecule has 160 valence electrons. The lowest BCUT2D eigenvalue weighted by molar-refractivity contribution is 0.318. The minimum absolute atomic E-state index is 0.0712. The van der Waals surface area contributed by atoms with Crippen molar-refractivity contribution in [2.24, 2.45) is 0 Å². The van der Waals surface area contributed by atoms with E-state index in [0.29, 0.717) is 45.6 Å². The Morgan fingerprint density at radius 2 is 2.07 bits per heavy atom. The summed E-state index contributed by atoms with van der Waals surface area (Å²) in [6.45, 7) is 2.12. The van der Waals surface area contributed by atoms with Crippen LogP contribution in [0.1, 0.15) is 18.0 Å². The second kappa shape index (κ2) is 9.67. The van der Waals surface area contributed by atoms with Crippen LogP contribution in [0.5, 0.6) is 5.75 Å². The molecule has 0 bridgehead atoms. The predicted octanol–water partition coefficient (Wildman–Crippen LogP) is 3.78. The van der Waals surface area contributed by atoms with Gasteiger partial charge < -0.3 is 14.9 Å². The summed E-state index contributed by atoms with van der Waals surface area (Å²) in [6.07, 6.45) is 3.22. The van der Waals surface area contributed by atoms with Crippen LogP contribution in [0.4, 0.5) is 5.82 Å². The summed E-state index contributed by atoms with van der Waals surface area (Å²) in [5.74, 6) is 2.53. The first-order chi connectivity index (χ1) is 14.2. The molecular weight excluding hydrogens is 448 g/mol. The topological polar surface area (TPSA) is 121 Å². The molecule has 0 aliphatic rings. The minimum Gasteiger partial charge on any atom is -0.492 e. The van der Waals surface area contributed by atoms with E-state index >= 15 is 0 Å². The third-order valence-electron chi connectivity index (χ3n) is 3.87. The molecule has 0 saturated heterocycles. The molecule has 0 aliphatic carbocycles. The molecule has 0 fully saturated rings. The predicted molar refractivity (Wildman–Crippen MR) is 118 cm³/mol. The van der Waals surface area contributed by atoms with Gasteiger partial charge in [-0.25, -0.2) is 23.4 Å². The summed E-state index contributed by atoms with van der Waals surface area (Å²) >= 11 is 7.67. The van der Waals surface area contributed by atoms with Crippen LogP contribution in [0.3, 0.4) is 0 Å². The smallest absolute Gasteiger partial charge is 0.205 e. The molecule has 3 rings (SSSR count). The number of rotatable bonds is 9. The molecule has 0 aliphatic heterocycles. The van der Waals surface area contributed by atoms with Gasteiger partial charge in [0.05, 0.1) is 29.3 Å². The molecule has 0 spiro atoms. The molecule has 2 N–H and O–H groups in total. The summed E-state index contributed by atoms with van der Waals surface area (Å²) < 4.78 is 33.7. The number of hydrogen-bond acceptors (Lipinski definition) is 9. The van der Waals surface area contributed by atoms with Crippen LogP contribution < -0.4 is 10.5 Å². The van der Waals surface area contributed by atoms with Crippen molar-refractivity contribution < 1.29 is 17.6 Å². The number of nitrogens with two attached hydrogens (primary N) is 1. The first kappa shape index (κ1) is 22.4. The Morgan fingerprint density at radius 1 is 1.27 bits per heavy atom. The zero-order valence-corrected chi connectivity index (χ0v) is 18.9. The fourth-order valence-electron chi connectivity index (χ4n) is 2.54. The molecule has 2 aromatic heterocycles. The van der Waals surface area contributed by atoms with Crippen LogP contribution in [0, 0.1) is 6.92 Å². The number of nitrogen functional groups attached to an aromatic ring is 1. The van der Waals surface area contributed by atoms with Gasteiger partial charge in [-0.15, -0.1) is 0 Å². The molecule has 3 aromatic rings. The number of benzene rings is 1.